The number of aromatic nitrogens is 1. The van der Waals surface area contributed by atoms with Crippen LogP contribution in [0.4, 0.5) is 5.13 Å². The number of aryl methyl sites for hydroxylation is 1. The van der Waals surface area contributed by atoms with E-state index in [0.29, 0.717) is 24.5 Å². The van der Waals surface area contributed by atoms with Crippen LogP contribution in [0.15, 0.2) is 18.2 Å². The Kier molecular flexibility index (Phi) is 4.91. The summed E-state index contributed by atoms with van der Waals surface area (Å²) in [5, 5.41) is 6.27. The third-order valence-corrected chi connectivity index (χ3v) is 5.07. The van der Waals surface area contributed by atoms with Crippen molar-refractivity contribution < 1.29 is 9.59 Å². The average molecular weight is 331 g/mol. The van der Waals surface area contributed by atoms with Crippen LogP contribution in [0.3, 0.4) is 0 Å². The van der Waals surface area contributed by atoms with E-state index in [1.165, 1.54) is 29.7 Å². The van der Waals surface area contributed by atoms with Gasteiger partial charge in [0, 0.05) is 13.0 Å². The van der Waals surface area contributed by atoms with Gasteiger partial charge in [0.05, 0.1) is 16.1 Å². The molecule has 0 spiro atoms. The molecule has 1 aliphatic heterocycles. The second-order valence-corrected chi connectivity index (χ2v) is 6.98. The number of hydrogen-bond donors (Lipinski definition) is 2. The van der Waals surface area contributed by atoms with Crippen molar-refractivity contribution >= 4 is 38.5 Å². The lowest BCUT2D eigenvalue weighted by molar-refractivity contribution is -0.126. The molecule has 1 aliphatic rings. The highest BCUT2D eigenvalue weighted by Crippen LogP contribution is 2.28. The number of thiazole rings is 1. The second kappa shape index (κ2) is 7.08. The van der Waals surface area contributed by atoms with Crippen molar-refractivity contribution in [1.29, 1.82) is 0 Å². The Bertz CT molecular complexity index is 716. The molecular weight excluding hydrogens is 310 g/mol. The summed E-state index contributed by atoms with van der Waals surface area (Å²) in [4.78, 5) is 27.9. The van der Waals surface area contributed by atoms with E-state index in [9.17, 15) is 9.59 Å². The topological polar surface area (TPSA) is 71.1 Å². The quantitative estimate of drug-likeness (QED) is 0.884. The number of anilines is 1. The Balaban J connectivity index is 1.68. The molecule has 1 saturated heterocycles. The van der Waals surface area contributed by atoms with Crippen LogP contribution in [0, 0.1) is 5.92 Å². The fraction of sp³-hybridized carbons (Fsp3) is 0.471. The number of nitrogens with one attached hydrogen (secondary N) is 2. The molecule has 1 fully saturated rings. The minimum atomic E-state index is -0.167. The number of carbonyl (C=O) groups is 2. The maximum absolute atomic E-state index is 12.3. The van der Waals surface area contributed by atoms with Crippen LogP contribution in [0.25, 0.3) is 10.2 Å². The average Bonchev–Trinajstić information content (AvgIpc) is 2.94. The summed E-state index contributed by atoms with van der Waals surface area (Å²) < 4.78 is 1.10. The Hall–Kier alpha value is -1.95. The molecule has 0 unspecified atom stereocenters. The summed E-state index contributed by atoms with van der Waals surface area (Å²) in [5.41, 5.74) is 2.23. The maximum atomic E-state index is 12.3. The molecule has 5 nitrogen and oxygen atoms in total. The number of benzene rings is 1. The number of carbonyl (C=O) groups excluding carboxylic acids is 2. The summed E-state index contributed by atoms with van der Waals surface area (Å²) in [6.07, 6.45) is 4.46. The van der Waals surface area contributed by atoms with Gasteiger partial charge in [-0.15, -0.1) is 0 Å². The molecule has 0 radical (unpaired) electrons. The van der Waals surface area contributed by atoms with Gasteiger partial charge in [-0.1, -0.05) is 30.7 Å². The number of unbranched alkanes of at least 4 members (excludes halogenated alkanes) is 1. The van der Waals surface area contributed by atoms with Crippen LogP contribution in [0.5, 0.6) is 0 Å². The first kappa shape index (κ1) is 15.9. The minimum Gasteiger partial charge on any atom is -0.355 e. The van der Waals surface area contributed by atoms with Crippen LogP contribution in [-0.4, -0.2) is 23.3 Å². The van der Waals surface area contributed by atoms with Gasteiger partial charge < -0.3 is 10.6 Å². The van der Waals surface area contributed by atoms with Gasteiger partial charge in [0.15, 0.2) is 5.13 Å². The molecule has 23 heavy (non-hydrogen) atoms. The van der Waals surface area contributed by atoms with Gasteiger partial charge >= 0.3 is 0 Å². The van der Waals surface area contributed by atoms with Crippen molar-refractivity contribution in [3.8, 4) is 0 Å². The number of hydrogen-bond acceptors (Lipinski definition) is 4. The Morgan fingerprint density at radius 1 is 1.48 bits per heavy atom. The predicted octanol–water partition coefficient (Wildman–Crippen LogP) is 3.10. The highest BCUT2D eigenvalue weighted by molar-refractivity contribution is 7.22. The van der Waals surface area contributed by atoms with Gasteiger partial charge in [0.2, 0.25) is 11.8 Å². The summed E-state index contributed by atoms with van der Waals surface area (Å²) in [6.45, 7) is 2.60. The molecule has 0 aliphatic carbocycles. The number of fused-ring (bicyclic) bond motifs is 1. The van der Waals surface area contributed by atoms with Crippen LogP contribution in [0.2, 0.25) is 0 Å². The standard InChI is InChI=1S/C17H21N3O2S/c1-2-3-4-11-5-7-13-14(9-11)23-17(19-13)20-16(22)12-6-8-15(21)18-10-12/h5,7,9,12H,2-4,6,8,10H2,1H3,(H,18,21)(H,19,20,22)/t12-/m1/s1. The predicted molar refractivity (Wildman–Crippen MR) is 92.6 cm³/mol. The van der Waals surface area contributed by atoms with Gasteiger partial charge in [-0.2, -0.15) is 0 Å². The molecule has 122 valence electrons. The van der Waals surface area contributed by atoms with E-state index < -0.39 is 0 Å². The Labute approximate surface area is 139 Å². The molecule has 3 rings (SSSR count). The van der Waals surface area contributed by atoms with Gasteiger partial charge in [-0.05, 0) is 37.0 Å². The third kappa shape index (κ3) is 3.88. The normalized spacial score (nSPS) is 18.0. The molecule has 1 atom stereocenters. The lowest BCUT2D eigenvalue weighted by Crippen LogP contribution is -2.40. The highest BCUT2D eigenvalue weighted by Gasteiger charge is 2.25. The molecule has 2 N–H and O–H groups in total. The summed E-state index contributed by atoms with van der Waals surface area (Å²) in [6, 6.07) is 6.30. The zero-order chi connectivity index (χ0) is 16.2. The van der Waals surface area contributed by atoms with E-state index in [0.717, 1.165) is 16.6 Å². The molecule has 2 heterocycles. The smallest absolute Gasteiger partial charge is 0.231 e. The van der Waals surface area contributed by atoms with E-state index in [1.807, 2.05) is 6.07 Å². The van der Waals surface area contributed by atoms with Gasteiger partial charge in [-0.25, -0.2) is 4.98 Å². The lowest BCUT2D eigenvalue weighted by atomic mass is 9.98. The number of rotatable bonds is 5. The zero-order valence-electron chi connectivity index (χ0n) is 13.2. The summed E-state index contributed by atoms with van der Waals surface area (Å²) in [5.74, 6) is -0.205. The highest BCUT2D eigenvalue weighted by atomic mass is 32.1. The fourth-order valence-electron chi connectivity index (χ4n) is 2.72. The van der Waals surface area contributed by atoms with E-state index in [4.69, 9.17) is 0 Å². The van der Waals surface area contributed by atoms with Crippen LogP contribution in [0.1, 0.15) is 38.2 Å². The van der Waals surface area contributed by atoms with Gasteiger partial charge in [0.25, 0.3) is 0 Å². The largest absolute Gasteiger partial charge is 0.355 e. The van der Waals surface area contributed by atoms with Crippen molar-refractivity contribution in [2.24, 2.45) is 5.92 Å². The first-order valence-corrected chi connectivity index (χ1v) is 8.94. The SMILES string of the molecule is CCCCc1ccc2nc(NC(=O)[C@@H]3CCC(=O)NC3)sc2c1. The maximum Gasteiger partial charge on any atom is 0.231 e. The molecule has 0 saturated carbocycles. The van der Waals surface area contributed by atoms with Crippen LogP contribution in [-0.2, 0) is 16.0 Å². The van der Waals surface area contributed by atoms with Crippen molar-refractivity contribution in [2.45, 2.75) is 39.0 Å². The fourth-order valence-corrected chi connectivity index (χ4v) is 3.66. The van der Waals surface area contributed by atoms with E-state index in [-0.39, 0.29) is 17.7 Å². The van der Waals surface area contributed by atoms with Crippen molar-refractivity contribution in [1.82, 2.24) is 10.3 Å². The second-order valence-electron chi connectivity index (χ2n) is 5.95. The van der Waals surface area contributed by atoms with Crippen LogP contribution >= 0.6 is 11.3 Å². The number of piperidine rings is 1. The van der Waals surface area contributed by atoms with E-state index >= 15 is 0 Å². The molecule has 2 aromatic rings. The number of nitrogens with zero attached hydrogens (tertiary/aromatic N) is 1. The first-order chi connectivity index (χ1) is 11.2. The molecular formula is C17H21N3O2S. The molecule has 0 bridgehead atoms. The van der Waals surface area contributed by atoms with Crippen LogP contribution < -0.4 is 10.6 Å². The van der Waals surface area contributed by atoms with Gasteiger partial charge in [0.1, 0.15) is 0 Å². The summed E-state index contributed by atoms with van der Waals surface area (Å²) >= 11 is 1.51. The monoisotopic (exact) mass is 331 g/mol. The third-order valence-electron chi connectivity index (χ3n) is 4.14. The zero-order valence-corrected chi connectivity index (χ0v) is 14.0. The molecule has 6 heteroatoms. The van der Waals surface area contributed by atoms with E-state index in [1.54, 1.807) is 0 Å². The van der Waals surface area contributed by atoms with Gasteiger partial charge in [-0.3, -0.25) is 9.59 Å². The molecule has 1 aromatic carbocycles. The molecule has 1 aromatic heterocycles. The number of amides is 2. The molecule has 2 amide bonds. The Morgan fingerprint density at radius 3 is 3.09 bits per heavy atom. The first-order valence-electron chi connectivity index (χ1n) is 8.12. The van der Waals surface area contributed by atoms with Crippen molar-refractivity contribution in [3.05, 3.63) is 23.8 Å². The summed E-state index contributed by atoms with van der Waals surface area (Å²) in [7, 11) is 0. The minimum absolute atomic E-state index is 0.0219. The lowest BCUT2D eigenvalue weighted by Gasteiger charge is -2.20. The Morgan fingerprint density at radius 2 is 2.35 bits per heavy atom. The van der Waals surface area contributed by atoms with Crippen molar-refractivity contribution in [2.75, 3.05) is 11.9 Å². The van der Waals surface area contributed by atoms with Crippen molar-refractivity contribution in [3.63, 3.8) is 0 Å². The van der Waals surface area contributed by atoms with E-state index in [2.05, 4.69) is 34.7 Å².